The fourth-order valence-corrected chi connectivity index (χ4v) is 7.42. The van der Waals surface area contributed by atoms with Gasteiger partial charge in [0.25, 0.3) is 0 Å². The zero-order chi connectivity index (χ0) is 31.4. The molecule has 1 fully saturated rings. The van der Waals surface area contributed by atoms with E-state index in [9.17, 15) is 19.5 Å². The van der Waals surface area contributed by atoms with Crippen LogP contribution in [-0.4, -0.2) is 53.7 Å². The van der Waals surface area contributed by atoms with Crippen LogP contribution in [0.2, 0.25) is 0 Å². The van der Waals surface area contributed by atoms with Gasteiger partial charge in [-0.15, -0.1) is 0 Å². The quantitative estimate of drug-likeness (QED) is 0.330. The van der Waals surface area contributed by atoms with Crippen molar-refractivity contribution in [1.29, 1.82) is 0 Å². The summed E-state index contributed by atoms with van der Waals surface area (Å²) in [5.74, 6) is -0.351. The second kappa shape index (κ2) is 10.8. The molecule has 44 heavy (non-hydrogen) atoms. The Bertz CT molecular complexity index is 1510. The number of benzene rings is 2. The molecule has 1 aliphatic heterocycles. The van der Waals surface area contributed by atoms with Crippen LogP contribution in [0.4, 0.5) is 4.79 Å². The zero-order valence-electron chi connectivity index (χ0n) is 25.6. The maximum absolute atomic E-state index is 13.4. The number of hydrogen-bond acceptors (Lipinski definition) is 10. The molecule has 6 atom stereocenters. The molecule has 1 saturated carbocycles. The molecule has 4 aliphatic rings. The Balaban J connectivity index is 1.22. The molecule has 0 unspecified atom stereocenters. The van der Waals surface area contributed by atoms with Crippen molar-refractivity contribution in [3.05, 3.63) is 71.0 Å². The third-order valence-electron chi connectivity index (χ3n) is 9.23. The minimum absolute atomic E-state index is 0.0440. The summed E-state index contributed by atoms with van der Waals surface area (Å²) in [6, 6.07) is 12.2. The fourth-order valence-electron chi connectivity index (χ4n) is 7.42. The van der Waals surface area contributed by atoms with E-state index in [2.05, 4.69) is 0 Å². The fraction of sp³-hybridized carbons (Fsp3) is 0.500. The van der Waals surface area contributed by atoms with E-state index < -0.39 is 53.0 Å². The van der Waals surface area contributed by atoms with Crippen LogP contribution in [0.15, 0.2) is 54.3 Å². The molecule has 0 aromatic heterocycles. The highest BCUT2D eigenvalue weighted by Crippen LogP contribution is 2.67. The lowest BCUT2D eigenvalue weighted by molar-refractivity contribution is -0.176. The van der Waals surface area contributed by atoms with Gasteiger partial charge in [0, 0.05) is 11.1 Å². The van der Waals surface area contributed by atoms with Gasteiger partial charge in [0.2, 0.25) is 6.10 Å². The molecule has 2 bridgehead atoms. The van der Waals surface area contributed by atoms with Crippen molar-refractivity contribution in [2.45, 2.75) is 94.7 Å². The molecule has 0 saturated heterocycles. The lowest BCUT2D eigenvalue weighted by Gasteiger charge is -2.59. The number of methoxy groups -OCH3 is 1. The summed E-state index contributed by atoms with van der Waals surface area (Å²) >= 11 is 0. The Hall–Kier alpha value is -4.05. The molecule has 0 radical (unpaired) electrons. The van der Waals surface area contributed by atoms with E-state index in [4.69, 9.17) is 28.4 Å². The lowest BCUT2D eigenvalue weighted by atomic mass is 9.47. The van der Waals surface area contributed by atoms with Crippen LogP contribution in [-0.2, 0) is 40.4 Å². The molecule has 2 aromatic rings. The lowest BCUT2D eigenvalue weighted by Crippen LogP contribution is -2.67. The van der Waals surface area contributed by atoms with Gasteiger partial charge in [0.15, 0.2) is 23.7 Å². The minimum Gasteiger partial charge on any atom is -0.493 e. The molecular formula is C34H38O10. The molecule has 2 aromatic carbocycles. The number of carbonyl (C=O) groups excluding carboxylic acids is 3. The van der Waals surface area contributed by atoms with Crippen molar-refractivity contribution in [1.82, 2.24) is 0 Å². The Labute approximate surface area is 256 Å². The van der Waals surface area contributed by atoms with Gasteiger partial charge in [-0.3, -0.25) is 0 Å². The summed E-state index contributed by atoms with van der Waals surface area (Å²) in [4.78, 5) is 39.1. The Morgan fingerprint density at radius 2 is 1.80 bits per heavy atom. The van der Waals surface area contributed by atoms with E-state index in [1.165, 1.54) is 6.92 Å². The van der Waals surface area contributed by atoms with E-state index >= 15 is 0 Å². The van der Waals surface area contributed by atoms with Crippen LogP contribution in [0.25, 0.3) is 0 Å². The summed E-state index contributed by atoms with van der Waals surface area (Å²) in [7, 11) is 1.57. The van der Waals surface area contributed by atoms with E-state index in [1.54, 1.807) is 64.3 Å². The molecule has 1 heterocycles. The Morgan fingerprint density at radius 1 is 1.05 bits per heavy atom. The van der Waals surface area contributed by atoms with Crippen molar-refractivity contribution in [3.63, 3.8) is 0 Å². The average Bonchev–Trinajstić information content (AvgIpc) is 3.32. The first kappa shape index (κ1) is 30.0. The van der Waals surface area contributed by atoms with Crippen molar-refractivity contribution in [3.8, 4) is 11.5 Å². The first-order valence-corrected chi connectivity index (χ1v) is 15.0. The van der Waals surface area contributed by atoms with E-state index in [1.807, 2.05) is 12.1 Å². The normalized spacial score (nSPS) is 27.5. The largest absolute Gasteiger partial charge is 0.509 e. The molecule has 10 nitrogen and oxygen atoms in total. The summed E-state index contributed by atoms with van der Waals surface area (Å²) in [6.45, 7) is 6.41. The predicted molar refractivity (Wildman–Crippen MR) is 156 cm³/mol. The van der Waals surface area contributed by atoms with E-state index in [0.717, 1.165) is 30.4 Å². The minimum atomic E-state index is -1.47. The second-order valence-corrected chi connectivity index (χ2v) is 13.0. The third kappa shape index (κ3) is 4.80. The van der Waals surface area contributed by atoms with Crippen LogP contribution in [0.5, 0.6) is 11.5 Å². The topological polar surface area (TPSA) is 127 Å². The van der Waals surface area contributed by atoms with Crippen LogP contribution < -0.4 is 9.47 Å². The van der Waals surface area contributed by atoms with Gasteiger partial charge in [-0.05, 0) is 77.0 Å². The molecule has 10 heteroatoms. The van der Waals surface area contributed by atoms with Gasteiger partial charge in [0.05, 0.1) is 18.1 Å². The highest BCUT2D eigenvalue weighted by Gasteiger charge is 2.71. The molecule has 1 N–H and O–H groups in total. The number of rotatable bonds is 7. The van der Waals surface area contributed by atoms with Crippen molar-refractivity contribution < 1.29 is 47.9 Å². The van der Waals surface area contributed by atoms with Crippen LogP contribution >= 0.6 is 0 Å². The first-order chi connectivity index (χ1) is 20.9. The number of hydrogen-bond donors (Lipinski definition) is 1. The summed E-state index contributed by atoms with van der Waals surface area (Å²) < 4.78 is 34.1. The van der Waals surface area contributed by atoms with Crippen LogP contribution in [0.1, 0.15) is 76.2 Å². The van der Waals surface area contributed by atoms with Crippen LogP contribution in [0.3, 0.4) is 0 Å². The number of aliphatic hydroxyl groups is 1. The summed E-state index contributed by atoms with van der Waals surface area (Å²) in [5.41, 5.74) is -0.296. The standard InChI is InChI=1S/C34H38O10/c1-19(40-30(36)26(20-10-7-6-8-11-20)43-31(37)44-32(2,3)4)29(35)41-24-15-17-34(38)22-12-9-16-33(34)25-21(18-22)13-14-23(39-5)27(25)42-28(24)33/h6-8,10-11,13-15,19,22,26,28,38H,9,12,16-18H2,1-5H3/t19-,22+,26-,28-,33-,34+/m0/s1. The molecule has 3 aliphatic carbocycles. The number of carbonyl (C=O) groups is 3. The molecule has 1 spiro atoms. The van der Waals surface area contributed by atoms with Crippen molar-refractivity contribution >= 4 is 18.1 Å². The second-order valence-electron chi connectivity index (χ2n) is 13.0. The van der Waals surface area contributed by atoms with Gasteiger partial charge in [-0.1, -0.05) is 42.8 Å². The summed E-state index contributed by atoms with van der Waals surface area (Å²) in [6.07, 6.45) is 0.588. The first-order valence-electron chi connectivity index (χ1n) is 15.0. The smallest absolute Gasteiger partial charge is 0.493 e. The van der Waals surface area contributed by atoms with Gasteiger partial charge in [0.1, 0.15) is 11.4 Å². The molecule has 0 amide bonds. The average molecular weight is 607 g/mol. The van der Waals surface area contributed by atoms with Gasteiger partial charge >= 0.3 is 18.1 Å². The molecule has 234 valence electrons. The monoisotopic (exact) mass is 606 g/mol. The van der Waals surface area contributed by atoms with Crippen molar-refractivity contribution in [2.24, 2.45) is 5.92 Å². The maximum atomic E-state index is 13.4. The highest BCUT2D eigenvalue weighted by atomic mass is 16.7. The summed E-state index contributed by atoms with van der Waals surface area (Å²) in [5, 5.41) is 12.2. The highest BCUT2D eigenvalue weighted by molar-refractivity contribution is 5.84. The number of ether oxygens (including phenoxy) is 6. The SMILES string of the molecule is COc1ccc2c3c1O[C@H]1C(OC(=O)[C@H](C)OC(=O)[C@@H](OC(=O)OC(C)(C)C)c4ccccc4)=CC[C@@]4(O)[C@H](CCC[C@]314)C2. The van der Waals surface area contributed by atoms with Crippen molar-refractivity contribution in [2.75, 3.05) is 7.11 Å². The zero-order valence-corrected chi connectivity index (χ0v) is 25.6. The van der Waals surface area contributed by atoms with Gasteiger partial charge < -0.3 is 33.5 Å². The van der Waals surface area contributed by atoms with Gasteiger partial charge in [-0.25, -0.2) is 14.4 Å². The Morgan fingerprint density at radius 3 is 2.50 bits per heavy atom. The number of esters is 2. The third-order valence-corrected chi connectivity index (χ3v) is 9.23. The Kier molecular flexibility index (Phi) is 7.39. The predicted octanol–water partition coefficient (Wildman–Crippen LogP) is 5.24. The maximum Gasteiger partial charge on any atom is 0.509 e. The molecule has 6 rings (SSSR count). The van der Waals surface area contributed by atoms with Gasteiger partial charge in [-0.2, -0.15) is 0 Å². The molecular weight excluding hydrogens is 568 g/mol. The van der Waals surface area contributed by atoms with Crippen LogP contribution in [0, 0.1) is 5.92 Å². The van der Waals surface area contributed by atoms with E-state index in [-0.39, 0.29) is 11.7 Å². The van der Waals surface area contributed by atoms with E-state index in [0.29, 0.717) is 29.9 Å².